The molecule has 3 nitrogen and oxygen atoms in total. The van der Waals surface area contributed by atoms with Crippen molar-refractivity contribution in [3.8, 4) is 33.8 Å². The molecule has 0 aliphatic rings. The van der Waals surface area contributed by atoms with Gasteiger partial charge >= 0.3 is 0 Å². The maximum atomic E-state index is 6.10. The predicted molar refractivity (Wildman–Crippen MR) is 113 cm³/mol. The number of ether oxygens (including phenoxy) is 1. The molecule has 4 rings (SSSR count). The summed E-state index contributed by atoms with van der Waals surface area (Å²) in [5.74, 6) is 1.58. The molecule has 0 heterocycles. The highest BCUT2D eigenvalue weighted by Crippen LogP contribution is 2.30. The zero-order valence-corrected chi connectivity index (χ0v) is 14.8. The van der Waals surface area contributed by atoms with Crippen LogP contribution in [0.4, 0.5) is 11.4 Å². The van der Waals surface area contributed by atoms with Crippen LogP contribution >= 0.6 is 0 Å². The molecule has 0 atom stereocenters. The van der Waals surface area contributed by atoms with E-state index in [-0.39, 0.29) is 0 Å². The molecule has 0 aromatic heterocycles. The molecule has 0 radical (unpaired) electrons. The van der Waals surface area contributed by atoms with Crippen molar-refractivity contribution in [2.45, 2.75) is 0 Å². The number of hydrogen-bond acceptors (Lipinski definition) is 3. The number of anilines is 2. The van der Waals surface area contributed by atoms with Gasteiger partial charge in [-0.3, -0.25) is 0 Å². The number of nitrogen functional groups attached to an aromatic ring is 2. The molecule has 0 saturated carbocycles. The normalized spacial score (nSPS) is 10.5. The molecule has 4 aromatic rings. The minimum atomic E-state index is 0.755. The molecule has 27 heavy (non-hydrogen) atoms. The Kier molecular flexibility index (Phi) is 4.50. The number of nitrogens with two attached hydrogens (primary N) is 2. The zero-order valence-electron chi connectivity index (χ0n) is 14.8. The maximum absolute atomic E-state index is 6.10. The van der Waals surface area contributed by atoms with Gasteiger partial charge in [0.05, 0.1) is 0 Å². The van der Waals surface area contributed by atoms with E-state index in [1.54, 1.807) is 0 Å². The number of rotatable bonds is 4. The first-order valence-corrected chi connectivity index (χ1v) is 8.77. The van der Waals surface area contributed by atoms with Crippen molar-refractivity contribution in [3.05, 3.63) is 97.1 Å². The Balaban J connectivity index is 1.59. The lowest BCUT2D eigenvalue weighted by molar-refractivity contribution is 0.483. The third kappa shape index (κ3) is 3.93. The van der Waals surface area contributed by atoms with Gasteiger partial charge in [-0.1, -0.05) is 48.5 Å². The van der Waals surface area contributed by atoms with E-state index in [1.807, 2.05) is 84.9 Å². The van der Waals surface area contributed by atoms with Gasteiger partial charge in [-0.2, -0.15) is 0 Å². The fourth-order valence-electron chi connectivity index (χ4n) is 2.97. The van der Waals surface area contributed by atoms with E-state index in [9.17, 15) is 0 Å². The van der Waals surface area contributed by atoms with Crippen LogP contribution < -0.4 is 16.2 Å². The van der Waals surface area contributed by atoms with Gasteiger partial charge in [-0.05, 0) is 70.8 Å². The van der Waals surface area contributed by atoms with E-state index < -0.39 is 0 Å². The van der Waals surface area contributed by atoms with Gasteiger partial charge in [0.15, 0.2) is 0 Å². The van der Waals surface area contributed by atoms with Crippen molar-refractivity contribution >= 4 is 11.4 Å². The lowest BCUT2D eigenvalue weighted by Gasteiger charge is -2.10. The topological polar surface area (TPSA) is 61.3 Å². The smallest absolute Gasteiger partial charge is 0.128 e. The molecule has 132 valence electrons. The monoisotopic (exact) mass is 352 g/mol. The second kappa shape index (κ2) is 7.26. The van der Waals surface area contributed by atoms with Gasteiger partial charge < -0.3 is 16.2 Å². The van der Waals surface area contributed by atoms with Gasteiger partial charge in [0.1, 0.15) is 11.5 Å². The summed E-state index contributed by atoms with van der Waals surface area (Å²) in [5.41, 5.74) is 17.4. The van der Waals surface area contributed by atoms with Gasteiger partial charge in [0.25, 0.3) is 0 Å². The molecule has 0 fully saturated rings. The van der Waals surface area contributed by atoms with Crippen LogP contribution in [-0.4, -0.2) is 0 Å². The molecule has 0 amide bonds. The third-order valence-electron chi connectivity index (χ3n) is 4.39. The van der Waals surface area contributed by atoms with Crippen molar-refractivity contribution < 1.29 is 4.74 Å². The molecule has 0 aliphatic carbocycles. The molecule has 3 heteroatoms. The highest BCUT2D eigenvalue weighted by molar-refractivity contribution is 5.68. The molecule has 0 saturated heterocycles. The fourth-order valence-corrected chi connectivity index (χ4v) is 2.97. The van der Waals surface area contributed by atoms with Crippen LogP contribution in [-0.2, 0) is 0 Å². The quantitative estimate of drug-likeness (QED) is 0.444. The van der Waals surface area contributed by atoms with Crippen molar-refractivity contribution in [2.24, 2.45) is 0 Å². The summed E-state index contributed by atoms with van der Waals surface area (Å²) < 4.78 is 6.10. The van der Waals surface area contributed by atoms with Crippen LogP contribution in [0.2, 0.25) is 0 Å². The Morgan fingerprint density at radius 2 is 0.852 bits per heavy atom. The van der Waals surface area contributed by atoms with E-state index in [1.165, 1.54) is 0 Å². The lowest BCUT2D eigenvalue weighted by atomic mass is 10.0. The Morgan fingerprint density at radius 3 is 1.26 bits per heavy atom. The Labute approximate surface area is 158 Å². The lowest BCUT2D eigenvalue weighted by Crippen LogP contribution is -1.88. The standard InChI is InChI=1S/C24H20N2O/c25-21-11-7-17(8-12-21)19-3-1-5-23(15-19)27-24-6-2-4-20(16-24)18-9-13-22(26)14-10-18/h1-16H,25-26H2. The van der Waals surface area contributed by atoms with Crippen LogP contribution in [0.15, 0.2) is 97.1 Å². The second-order valence-corrected chi connectivity index (χ2v) is 6.40. The van der Waals surface area contributed by atoms with Crippen molar-refractivity contribution in [3.63, 3.8) is 0 Å². The average molecular weight is 352 g/mol. The highest BCUT2D eigenvalue weighted by atomic mass is 16.5. The number of benzene rings is 4. The minimum Gasteiger partial charge on any atom is -0.457 e. The molecule has 0 unspecified atom stereocenters. The SMILES string of the molecule is Nc1ccc(-c2cccc(Oc3cccc(-c4ccc(N)cc4)c3)c2)cc1. The van der Waals surface area contributed by atoms with E-state index >= 15 is 0 Å². The molecular formula is C24H20N2O. The van der Waals surface area contributed by atoms with E-state index in [2.05, 4.69) is 12.1 Å². The van der Waals surface area contributed by atoms with E-state index in [0.29, 0.717) is 0 Å². The van der Waals surface area contributed by atoms with Gasteiger partial charge in [0, 0.05) is 11.4 Å². The summed E-state index contributed by atoms with van der Waals surface area (Å²) in [4.78, 5) is 0. The molecule has 0 spiro atoms. The first kappa shape index (κ1) is 16.7. The number of hydrogen-bond donors (Lipinski definition) is 2. The Morgan fingerprint density at radius 1 is 0.444 bits per heavy atom. The first-order chi connectivity index (χ1) is 13.2. The summed E-state index contributed by atoms with van der Waals surface area (Å²) in [7, 11) is 0. The maximum Gasteiger partial charge on any atom is 0.128 e. The zero-order chi connectivity index (χ0) is 18.6. The first-order valence-electron chi connectivity index (χ1n) is 8.77. The van der Waals surface area contributed by atoms with Gasteiger partial charge in [0.2, 0.25) is 0 Å². The van der Waals surface area contributed by atoms with Crippen LogP contribution in [0.1, 0.15) is 0 Å². The summed E-state index contributed by atoms with van der Waals surface area (Å²) in [5, 5.41) is 0. The van der Waals surface area contributed by atoms with Crippen molar-refractivity contribution in [1.82, 2.24) is 0 Å². The predicted octanol–water partition coefficient (Wildman–Crippen LogP) is 5.98. The van der Waals surface area contributed by atoms with E-state index in [4.69, 9.17) is 16.2 Å². The molecular weight excluding hydrogens is 332 g/mol. The minimum absolute atomic E-state index is 0.755. The summed E-state index contributed by atoms with van der Waals surface area (Å²) in [6.45, 7) is 0. The Bertz CT molecular complexity index is 967. The van der Waals surface area contributed by atoms with Crippen molar-refractivity contribution in [1.29, 1.82) is 0 Å². The summed E-state index contributed by atoms with van der Waals surface area (Å²) in [6, 6.07) is 31.7. The van der Waals surface area contributed by atoms with Gasteiger partial charge in [-0.25, -0.2) is 0 Å². The second-order valence-electron chi connectivity index (χ2n) is 6.40. The van der Waals surface area contributed by atoms with Crippen molar-refractivity contribution in [2.75, 3.05) is 11.5 Å². The summed E-state index contributed by atoms with van der Waals surface area (Å²) in [6.07, 6.45) is 0. The molecule has 0 aliphatic heterocycles. The summed E-state index contributed by atoms with van der Waals surface area (Å²) >= 11 is 0. The molecule has 4 aromatic carbocycles. The van der Waals surface area contributed by atoms with Crippen LogP contribution in [0.3, 0.4) is 0 Å². The highest BCUT2D eigenvalue weighted by Gasteiger charge is 2.04. The average Bonchev–Trinajstić information content (AvgIpc) is 2.69. The molecule has 4 N–H and O–H groups in total. The van der Waals surface area contributed by atoms with Crippen LogP contribution in [0, 0.1) is 0 Å². The fraction of sp³-hybridized carbons (Fsp3) is 0. The van der Waals surface area contributed by atoms with E-state index in [0.717, 1.165) is 45.1 Å². The third-order valence-corrected chi connectivity index (χ3v) is 4.39. The largest absolute Gasteiger partial charge is 0.457 e. The van der Waals surface area contributed by atoms with Gasteiger partial charge in [-0.15, -0.1) is 0 Å². The van der Waals surface area contributed by atoms with Crippen LogP contribution in [0.25, 0.3) is 22.3 Å². The van der Waals surface area contributed by atoms with Crippen LogP contribution in [0.5, 0.6) is 11.5 Å². The Hall–Kier alpha value is -3.72. The molecule has 0 bridgehead atoms.